The fourth-order valence-corrected chi connectivity index (χ4v) is 1.82. The number of hydrogen-bond donors (Lipinski definition) is 2. The van der Waals surface area contributed by atoms with Crippen LogP contribution in [0.3, 0.4) is 0 Å². The van der Waals surface area contributed by atoms with Crippen molar-refractivity contribution in [2.75, 3.05) is 0 Å². The summed E-state index contributed by atoms with van der Waals surface area (Å²) in [6, 6.07) is 5.70. The van der Waals surface area contributed by atoms with E-state index in [0.717, 1.165) is 0 Å². The normalized spacial score (nSPS) is 17.2. The molecule has 1 aromatic carbocycles. The highest BCUT2D eigenvalue weighted by molar-refractivity contribution is 6.09. The van der Waals surface area contributed by atoms with Crippen molar-refractivity contribution >= 4 is 29.4 Å². The molecule has 1 aromatic rings. The SMILES string of the molecule is CC1=NNC(=O)C1CC(=O)NN=Cc1ccc([N+](=O)[O-])cc1. The second kappa shape index (κ2) is 6.57. The molecule has 0 saturated carbocycles. The molecule has 0 radical (unpaired) electrons. The quantitative estimate of drug-likeness (QED) is 0.468. The summed E-state index contributed by atoms with van der Waals surface area (Å²) in [5.74, 6) is -1.31. The van der Waals surface area contributed by atoms with E-state index in [4.69, 9.17) is 0 Å². The average Bonchev–Trinajstić information content (AvgIpc) is 2.79. The summed E-state index contributed by atoms with van der Waals surface area (Å²) in [4.78, 5) is 33.1. The van der Waals surface area contributed by atoms with Crippen LogP contribution in [0.15, 0.2) is 34.5 Å². The third-order valence-corrected chi connectivity index (χ3v) is 3.06. The molecule has 22 heavy (non-hydrogen) atoms. The molecule has 0 saturated heterocycles. The Morgan fingerprint density at radius 3 is 2.73 bits per heavy atom. The first-order chi connectivity index (χ1) is 10.5. The van der Waals surface area contributed by atoms with E-state index in [2.05, 4.69) is 21.1 Å². The van der Waals surface area contributed by atoms with E-state index in [9.17, 15) is 19.7 Å². The molecule has 2 amide bonds. The lowest BCUT2D eigenvalue weighted by atomic mass is 10.0. The van der Waals surface area contributed by atoms with Crippen LogP contribution in [0.1, 0.15) is 18.9 Å². The zero-order valence-corrected chi connectivity index (χ0v) is 11.6. The fourth-order valence-electron chi connectivity index (χ4n) is 1.82. The minimum absolute atomic E-state index is 0.0248. The van der Waals surface area contributed by atoms with Gasteiger partial charge in [-0.15, -0.1) is 0 Å². The second-order valence-electron chi connectivity index (χ2n) is 4.63. The van der Waals surface area contributed by atoms with Gasteiger partial charge in [0.25, 0.3) is 5.69 Å². The van der Waals surface area contributed by atoms with E-state index in [1.54, 1.807) is 6.92 Å². The van der Waals surface area contributed by atoms with Crippen molar-refractivity contribution in [3.05, 3.63) is 39.9 Å². The zero-order valence-electron chi connectivity index (χ0n) is 11.6. The van der Waals surface area contributed by atoms with Crippen LogP contribution < -0.4 is 10.9 Å². The zero-order chi connectivity index (χ0) is 16.1. The number of hydrazone groups is 2. The van der Waals surface area contributed by atoms with Crippen molar-refractivity contribution < 1.29 is 14.5 Å². The first-order valence-electron chi connectivity index (χ1n) is 6.38. The van der Waals surface area contributed by atoms with Gasteiger partial charge >= 0.3 is 0 Å². The maximum absolute atomic E-state index is 11.7. The van der Waals surface area contributed by atoms with Gasteiger partial charge in [0.05, 0.1) is 17.1 Å². The minimum atomic E-state index is -0.574. The molecule has 9 heteroatoms. The summed E-state index contributed by atoms with van der Waals surface area (Å²) in [5, 5.41) is 18.0. The lowest BCUT2D eigenvalue weighted by Gasteiger charge is -2.05. The number of hydrogen-bond acceptors (Lipinski definition) is 6. The van der Waals surface area contributed by atoms with E-state index in [-0.39, 0.29) is 18.0 Å². The van der Waals surface area contributed by atoms with E-state index in [1.807, 2.05) is 0 Å². The van der Waals surface area contributed by atoms with Gasteiger partial charge in [-0.05, 0) is 24.6 Å². The molecular formula is C13H13N5O4. The Bertz CT molecular complexity index is 666. The number of carbonyl (C=O) groups excluding carboxylic acids is 2. The maximum atomic E-state index is 11.7. The predicted molar refractivity (Wildman–Crippen MR) is 78.2 cm³/mol. The van der Waals surface area contributed by atoms with Gasteiger partial charge in [0.2, 0.25) is 11.8 Å². The van der Waals surface area contributed by atoms with Crippen molar-refractivity contribution in [3.8, 4) is 0 Å². The Morgan fingerprint density at radius 2 is 2.18 bits per heavy atom. The molecule has 0 aliphatic carbocycles. The van der Waals surface area contributed by atoms with Crippen LogP contribution in [0.4, 0.5) is 5.69 Å². The van der Waals surface area contributed by atoms with Crippen LogP contribution in [0, 0.1) is 16.0 Å². The van der Waals surface area contributed by atoms with Gasteiger partial charge in [-0.2, -0.15) is 10.2 Å². The molecule has 0 bridgehead atoms. The summed E-state index contributed by atoms with van der Waals surface area (Å²) >= 11 is 0. The van der Waals surface area contributed by atoms with Gasteiger partial charge < -0.3 is 0 Å². The molecular weight excluding hydrogens is 290 g/mol. The van der Waals surface area contributed by atoms with Crippen molar-refractivity contribution in [1.82, 2.24) is 10.9 Å². The molecule has 1 unspecified atom stereocenters. The fraction of sp³-hybridized carbons (Fsp3) is 0.231. The summed E-state index contributed by atoms with van der Waals surface area (Å²) < 4.78 is 0. The van der Waals surface area contributed by atoms with Crippen LogP contribution in [0.5, 0.6) is 0 Å². The first-order valence-corrected chi connectivity index (χ1v) is 6.38. The van der Waals surface area contributed by atoms with E-state index in [1.165, 1.54) is 30.5 Å². The summed E-state index contributed by atoms with van der Waals surface area (Å²) in [5.41, 5.74) is 5.72. The number of amides is 2. The van der Waals surface area contributed by atoms with Crippen molar-refractivity contribution in [1.29, 1.82) is 0 Å². The Labute approximate surface area is 125 Å². The molecule has 1 aliphatic rings. The van der Waals surface area contributed by atoms with E-state index in [0.29, 0.717) is 11.3 Å². The molecule has 114 valence electrons. The second-order valence-corrected chi connectivity index (χ2v) is 4.63. The summed E-state index contributed by atoms with van der Waals surface area (Å²) in [6.07, 6.45) is 1.32. The largest absolute Gasteiger partial charge is 0.273 e. The van der Waals surface area contributed by atoms with Gasteiger partial charge in [-0.25, -0.2) is 10.9 Å². The highest BCUT2D eigenvalue weighted by Crippen LogP contribution is 2.12. The molecule has 1 atom stereocenters. The smallest absolute Gasteiger partial charge is 0.269 e. The van der Waals surface area contributed by atoms with Gasteiger partial charge in [0.1, 0.15) is 0 Å². The van der Waals surface area contributed by atoms with Crippen molar-refractivity contribution in [2.45, 2.75) is 13.3 Å². The Balaban J connectivity index is 1.86. The predicted octanol–water partition coefficient (Wildman–Crippen LogP) is 0.557. The third kappa shape index (κ3) is 3.72. The van der Waals surface area contributed by atoms with Gasteiger partial charge in [-0.3, -0.25) is 19.7 Å². The van der Waals surface area contributed by atoms with E-state index < -0.39 is 16.7 Å². The molecule has 2 N–H and O–H groups in total. The van der Waals surface area contributed by atoms with Crippen LogP contribution in [-0.2, 0) is 9.59 Å². The van der Waals surface area contributed by atoms with Gasteiger partial charge in [-0.1, -0.05) is 0 Å². The van der Waals surface area contributed by atoms with Crippen LogP contribution in [-0.4, -0.2) is 28.7 Å². The Kier molecular flexibility index (Phi) is 4.57. The topological polar surface area (TPSA) is 126 Å². The van der Waals surface area contributed by atoms with Crippen LogP contribution in [0.25, 0.3) is 0 Å². The van der Waals surface area contributed by atoms with Gasteiger partial charge in [0.15, 0.2) is 0 Å². The first kappa shape index (κ1) is 15.3. The molecule has 0 spiro atoms. The summed E-state index contributed by atoms with van der Waals surface area (Å²) in [6.45, 7) is 1.66. The van der Waals surface area contributed by atoms with Crippen molar-refractivity contribution in [2.24, 2.45) is 16.1 Å². The van der Waals surface area contributed by atoms with Crippen LogP contribution in [0.2, 0.25) is 0 Å². The maximum Gasteiger partial charge on any atom is 0.269 e. The number of carbonyl (C=O) groups is 2. The van der Waals surface area contributed by atoms with Crippen molar-refractivity contribution in [3.63, 3.8) is 0 Å². The number of nitrogens with one attached hydrogen (secondary N) is 2. The Morgan fingerprint density at radius 1 is 1.50 bits per heavy atom. The van der Waals surface area contributed by atoms with Gasteiger partial charge in [0, 0.05) is 24.3 Å². The summed E-state index contributed by atoms with van der Waals surface area (Å²) in [7, 11) is 0. The number of non-ortho nitro benzene ring substituents is 1. The molecule has 2 rings (SSSR count). The number of benzene rings is 1. The molecule has 0 fully saturated rings. The third-order valence-electron chi connectivity index (χ3n) is 3.06. The lowest BCUT2D eigenvalue weighted by molar-refractivity contribution is -0.384. The Hall–Kier alpha value is -3.10. The van der Waals surface area contributed by atoms with E-state index >= 15 is 0 Å². The number of nitro benzene ring substituents is 1. The monoisotopic (exact) mass is 303 g/mol. The number of nitro groups is 1. The highest BCUT2D eigenvalue weighted by Gasteiger charge is 2.28. The standard InChI is InChI=1S/C13H13N5O4/c1-8-11(13(20)17-15-8)6-12(19)16-14-7-9-2-4-10(5-3-9)18(21)22/h2-5,7,11H,6H2,1H3,(H,16,19)(H,17,20). The molecule has 9 nitrogen and oxygen atoms in total. The highest BCUT2D eigenvalue weighted by atomic mass is 16.6. The molecule has 1 aliphatic heterocycles. The number of rotatable bonds is 5. The van der Waals surface area contributed by atoms with Crippen LogP contribution >= 0.6 is 0 Å². The average molecular weight is 303 g/mol. The molecule has 0 aromatic heterocycles. The lowest BCUT2D eigenvalue weighted by Crippen LogP contribution is -2.29. The molecule has 1 heterocycles. The number of nitrogens with zero attached hydrogens (tertiary/aromatic N) is 3. The minimum Gasteiger partial charge on any atom is -0.273 e.